The molecule has 4 rings (SSSR count). The maximum atomic E-state index is 5.27. The fraction of sp³-hybridized carbons (Fsp3) is 0.261. The lowest BCUT2D eigenvalue weighted by Crippen LogP contribution is -2.43. The Labute approximate surface area is 160 Å². The maximum Gasteiger partial charge on any atom is 0.119 e. The van der Waals surface area contributed by atoms with Gasteiger partial charge in [0.1, 0.15) is 5.75 Å². The fourth-order valence-electron chi connectivity index (χ4n) is 3.55. The summed E-state index contributed by atoms with van der Waals surface area (Å²) < 4.78 is 5.27. The van der Waals surface area contributed by atoms with Crippen molar-refractivity contribution in [1.82, 2.24) is 9.91 Å². The van der Waals surface area contributed by atoms with Crippen LogP contribution in [0.5, 0.6) is 5.75 Å². The first kappa shape index (κ1) is 17.6. The summed E-state index contributed by atoms with van der Waals surface area (Å²) in [5.41, 5.74) is 2.47. The fourth-order valence-corrected chi connectivity index (χ4v) is 3.55. The van der Waals surface area contributed by atoms with Crippen molar-refractivity contribution in [2.24, 2.45) is 5.10 Å². The van der Waals surface area contributed by atoms with Crippen LogP contribution in [0.3, 0.4) is 0 Å². The van der Waals surface area contributed by atoms with E-state index < -0.39 is 0 Å². The molecule has 0 aliphatic carbocycles. The molecule has 1 saturated heterocycles. The van der Waals surface area contributed by atoms with Crippen molar-refractivity contribution >= 4 is 17.0 Å². The zero-order valence-electron chi connectivity index (χ0n) is 15.7. The van der Waals surface area contributed by atoms with E-state index in [9.17, 15) is 0 Å². The maximum absolute atomic E-state index is 5.27. The van der Waals surface area contributed by atoms with E-state index in [2.05, 4.69) is 57.5 Å². The number of piperazine rings is 1. The number of methoxy groups -OCH3 is 1. The number of fused-ring (bicyclic) bond motifs is 1. The van der Waals surface area contributed by atoms with E-state index in [0.29, 0.717) is 0 Å². The highest BCUT2D eigenvalue weighted by atomic mass is 16.5. The molecular weight excluding hydrogens is 334 g/mol. The van der Waals surface area contributed by atoms with Gasteiger partial charge in [-0.05, 0) is 34.0 Å². The topological polar surface area (TPSA) is 28.1 Å². The minimum absolute atomic E-state index is 0.860. The first-order valence-corrected chi connectivity index (χ1v) is 9.44. The van der Waals surface area contributed by atoms with Gasteiger partial charge in [0.15, 0.2) is 0 Å². The molecule has 0 unspecified atom stereocenters. The first-order valence-electron chi connectivity index (χ1n) is 9.44. The molecule has 1 aliphatic heterocycles. The van der Waals surface area contributed by atoms with Crippen molar-refractivity contribution in [3.05, 3.63) is 77.9 Å². The predicted octanol–water partition coefficient (Wildman–Crippen LogP) is 4.00. The van der Waals surface area contributed by atoms with Crippen molar-refractivity contribution < 1.29 is 4.74 Å². The summed E-state index contributed by atoms with van der Waals surface area (Å²) in [6.45, 7) is 4.95. The molecule has 0 amide bonds. The average molecular weight is 359 g/mol. The third-order valence-electron chi connectivity index (χ3n) is 5.09. The van der Waals surface area contributed by atoms with Crippen LogP contribution in [0.15, 0.2) is 71.8 Å². The molecule has 0 radical (unpaired) electrons. The lowest BCUT2D eigenvalue weighted by atomic mass is 10.0. The van der Waals surface area contributed by atoms with E-state index in [4.69, 9.17) is 4.74 Å². The lowest BCUT2D eigenvalue weighted by molar-refractivity contribution is 0.131. The van der Waals surface area contributed by atoms with Gasteiger partial charge in [-0.15, -0.1) is 0 Å². The van der Waals surface area contributed by atoms with E-state index >= 15 is 0 Å². The molecule has 3 aromatic rings. The summed E-state index contributed by atoms with van der Waals surface area (Å²) in [7, 11) is 1.69. The van der Waals surface area contributed by atoms with E-state index in [1.807, 2.05) is 30.5 Å². The monoisotopic (exact) mass is 359 g/mol. The number of rotatable bonds is 5. The number of ether oxygens (including phenoxy) is 1. The Kier molecular flexibility index (Phi) is 5.35. The normalized spacial score (nSPS) is 15.5. The number of hydrogen-bond donors (Lipinski definition) is 0. The third-order valence-corrected chi connectivity index (χ3v) is 5.09. The van der Waals surface area contributed by atoms with Gasteiger partial charge < -0.3 is 4.74 Å². The minimum atomic E-state index is 0.860. The number of hydrazone groups is 1. The summed E-state index contributed by atoms with van der Waals surface area (Å²) in [5, 5.41) is 9.47. The smallest absolute Gasteiger partial charge is 0.119 e. The predicted molar refractivity (Wildman–Crippen MR) is 111 cm³/mol. The highest BCUT2D eigenvalue weighted by molar-refractivity contribution is 5.85. The molecular formula is C23H25N3O. The third kappa shape index (κ3) is 4.29. The number of benzene rings is 3. The van der Waals surface area contributed by atoms with Gasteiger partial charge in [0.25, 0.3) is 0 Å². The summed E-state index contributed by atoms with van der Waals surface area (Å²) >= 11 is 0. The summed E-state index contributed by atoms with van der Waals surface area (Å²) in [6, 6.07) is 23.2. The first-order chi connectivity index (χ1) is 13.3. The number of hydrogen-bond acceptors (Lipinski definition) is 4. The Balaban J connectivity index is 1.35. The average Bonchev–Trinajstić information content (AvgIpc) is 2.74. The quantitative estimate of drug-likeness (QED) is 0.645. The Morgan fingerprint density at radius 2 is 1.70 bits per heavy atom. The molecule has 4 heteroatoms. The van der Waals surface area contributed by atoms with Crippen molar-refractivity contribution in [3.8, 4) is 5.75 Å². The van der Waals surface area contributed by atoms with Crippen LogP contribution in [0.4, 0.5) is 0 Å². The molecule has 0 spiro atoms. The van der Waals surface area contributed by atoms with Crippen LogP contribution in [-0.4, -0.2) is 49.4 Å². The van der Waals surface area contributed by atoms with Crippen LogP contribution in [0, 0.1) is 0 Å². The highest BCUT2D eigenvalue weighted by Crippen LogP contribution is 2.20. The molecule has 3 aromatic carbocycles. The standard InChI is InChI=1S/C23H25N3O/c1-27-22-10-4-6-19(16-22)17-24-26-14-12-25(13-15-26)18-21-9-5-8-20-7-2-3-11-23(20)21/h2-11,16-17H,12-15,18H2,1H3/b24-17-. The van der Waals surface area contributed by atoms with Crippen LogP contribution >= 0.6 is 0 Å². The summed E-state index contributed by atoms with van der Waals surface area (Å²) in [6.07, 6.45) is 1.92. The van der Waals surface area contributed by atoms with Gasteiger partial charge >= 0.3 is 0 Å². The molecule has 0 saturated carbocycles. The van der Waals surface area contributed by atoms with E-state index in [1.165, 1.54) is 16.3 Å². The van der Waals surface area contributed by atoms with Gasteiger partial charge in [0, 0.05) is 32.7 Å². The zero-order valence-corrected chi connectivity index (χ0v) is 15.7. The van der Waals surface area contributed by atoms with E-state index in [0.717, 1.165) is 44.0 Å². The molecule has 4 nitrogen and oxygen atoms in total. The molecule has 1 fully saturated rings. The van der Waals surface area contributed by atoms with Crippen molar-refractivity contribution in [2.45, 2.75) is 6.54 Å². The molecule has 0 N–H and O–H groups in total. The van der Waals surface area contributed by atoms with E-state index in [1.54, 1.807) is 7.11 Å². The Bertz CT molecular complexity index is 924. The minimum Gasteiger partial charge on any atom is -0.497 e. The molecule has 0 bridgehead atoms. The second-order valence-corrected chi connectivity index (χ2v) is 6.89. The van der Waals surface area contributed by atoms with E-state index in [-0.39, 0.29) is 0 Å². The molecule has 138 valence electrons. The molecule has 1 aliphatic rings. The van der Waals surface area contributed by atoms with Gasteiger partial charge in [0.2, 0.25) is 0 Å². The Morgan fingerprint density at radius 3 is 2.56 bits per heavy atom. The summed E-state index contributed by atoms with van der Waals surface area (Å²) in [5.74, 6) is 0.860. The molecule has 27 heavy (non-hydrogen) atoms. The van der Waals surface area contributed by atoms with Crippen LogP contribution in [0.25, 0.3) is 10.8 Å². The van der Waals surface area contributed by atoms with Crippen molar-refractivity contribution in [2.75, 3.05) is 33.3 Å². The molecule has 0 atom stereocenters. The van der Waals surface area contributed by atoms with Crippen molar-refractivity contribution in [3.63, 3.8) is 0 Å². The van der Waals surface area contributed by atoms with Gasteiger partial charge in [-0.25, -0.2) is 0 Å². The SMILES string of the molecule is COc1cccc(/C=N\N2CCN(Cc3cccc4ccccc34)CC2)c1. The largest absolute Gasteiger partial charge is 0.497 e. The Hall–Kier alpha value is -2.85. The second-order valence-electron chi connectivity index (χ2n) is 6.89. The lowest BCUT2D eigenvalue weighted by Gasteiger charge is -2.33. The van der Waals surface area contributed by atoms with Gasteiger partial charge in [-0.1, -0.05) is 54.6 Å². The summed E-state index contributed by atoms with van der Waals surface area (Å²) in [4.78, 5) is 2.51. The van der Waals surface area contributed by atoms with Gasteiger partial charge in [-0.3, -0.25) is 9.91 Å². The van der Waals surface area contributed by atoms with Crippen LogP contribution < -0.4 is 4.74 Å². The van der Waals surface area contributed by atoms with Gasteiger partial charge in [0.05, 0.1) is 13.3 Å². The Morgan fingerprint density at radius 1 is 0.926 bits per heavy atom. The molecule has 1 heterocycles. The number of nitrogens with zero attached hydrogens (tertiary/aromatic N) is 3. The zero-order chi connectivity index (χ0) is 18.5. The van der Waals surface area contributed by atoms with Crippen LogP contribution in [0.2, 0.25) is 0 Å². The van der Waals surface area contributed by atoms with Gasteiger partial charge in [-0.2, -0.15) is 5.10 Å². The van der Waals surface area contributed by atoms with Crippen LogP contribution in [0.1, 0.15) is 11.1 Å². The second kappa shape index (κ2) is 8.23. The van der Waals surface area contributed by atoms with Crippen molar-refractivity contribution in [1.29, 1.82) is 0 Å². The molecule has 0 aromatic heterocycles. The van der Waals surface area contributed by atoms with Crippen LogP contribution in [-0.2, 0) is 6.54 Å². The highest BCUT2D eigenvalue weighted by Gasteiger charge is 2.16.